The van der Waals surface area contributed by atoms with Gasteiger partial charge in [-0.15, -0.1) is 0 Å². The molecule has 15 heavy (non-hydrogen) atoms. The van der Waals surface area contributed by atoms with Gasteiger partial charge in [-0.05, 0) is 24.6 Å². The zero-order valence-electron chi connectivity index (χ0n) is 8.72. The average molecular weight is 198 g/mol. The van der Waals surface area contributed by atoms with E-state index < -0.39 is 0 Å². The second-order valence-electron chi connectivity index (χ2n) is 3.68. The maximum atomic E-state index is 5.65. The number of hydrogen-bond acceptors (Lipinski definition) is 2. The van der Waals surface area contributed by atoms with E-state index in [4.69, 9.17) is 5.73 Å². The molecule has 2 aromatic rings. The van der Waals surface area contributed by atoms with Crippen molar-refractivity contribution in [2.75, 3.05) is 0 Å². The van der Waals surface area contributed by atoms with E-state index in [0.717, 1.165) is 16.5 Å². The summed E-state index contributed by atoms with van der Waals surface area (Å²) in [5.41, 5.74) is 7.76. The molecule has 0 bridgehead atoms. The summed E-state index contributed by atoms with van der Waals surface area (Å²) in [4.78, 5) is 4.37. The first-order chi connectivity index (χ1) is 7.25. The third-order valence-corrected chi connectivity index (χ3v) is 2.20. The highest BCUT2D eigenvalue weighted by Gasteiger charge is 1.94. The molecule has 0 aliphatic heterocycles. The second kappa shape index (κ2) is 4.24. The van der Waals surface area contributed by atoms with Gasteiger partial charge in [0.2, 0.25) is 0 Å². The lowest BCUT2D eigenvalue weighted by Crippen LogP contribution is -2.09. The molecule has 2 nitrogen and oxygen atoms in total. The number of pyridine rings is 1. The van der Waals surface area contributed by atoms with Crippen LogP contribution in [0.15, 0.2) is 42.6 Å². The maximum Gasteiger partial charge on any atom is 0.0702 e. The number of nitrogens with zero attached hydrogens (tertiary/aromatic N) is 1. The standard InChI is InChI=1S/C13H14N2/c1-10(14)6-7-11-8-12-4-2-3-5-13(12)15-9-11/h2-10H,14H2,1H3/b7-6+. The Morgan fingerprint density at radius 3 is 2.93 bits per heavy atom. The molecule has 2 N–H and O–H groups in total. The summed E-state index contributed by atoms with van der Waals surface area (Å²) < 4.78 is 0. The predicted molar refractivity (Wildman–Crippen MR) is 64.4 cm³/mol. The van der Waals surface area contributed by atoms with Crippen molar-refractivity contribution in [1.82, 2.24) is 4.98 Å². The smallest absolute Gasteiger partial charge is 0.0702 e. The lowest BCUT2D eigenvalue weighted by Gasteiger charge is -1.99. The summed E-state index contributed by atoms with van der Waals surface area (Å²) >= 11 is 0. The highest BCUT2D eigenvalue weighted by molar-refractivity contribution is 5.80. The number of fused-ring (bicyclic) bond motifs is 1. The Morgan fingerprint density at radius 2 is 2.13 bits per heavy atom. The maximum absolute atomic E-state index is 5.65. The Hall–Kier alpha value is -1.67. The van der Waals surface area contributed by atoms with Gasteiger partial charge in [0.15, 0.2) is 0 Å². The van der Waals surface area contributed by atoms with Crippen molar-refractivity contribution < 1.29 is 0 Å². The van der Waals surface area contributed by atoms with E-state index in [0.29, 0.717) is 0 Å². The minimum Gasteiger partial charge on any atom is -0.325 e. The fourth-order valence-corrected chi connectivity index (χ4v) is 1.44. The van der Waals surface area contributed by atoms with Crippen LogP contribution in [-0.2, 0) is 0 Å². The van der Waals surface area contributed by atoms with Crippen LogP contribution in [0, 0.1) is 0 Å². The Balaban J connectivity index is 2.39. The van der Waals surface area contributed by atoms with Gasteiger partial charge in [0, 0.05) is 17.6 Å². The van der Waals surface area contributed by atoms with Crippen LogP contribution in [-0.4, -0.2) is 11.0 Å². The van der Waals surface area contributed by atoms with Crippen molar-refractivity contribution in [1.29, 1.82) is 0 Å². The van der Waals surface area contributed by atoms with E-state index in [1.165, 1.54) is 0 Å². The molecule has 1 heterocycles. The first kappa shape index (κ1) is 9.87. The SMILES string of the molecule is CC(N)/C=C/c1cnc2ccccc2c1. The number of aromatic nitrogens is 1. The minimum absolute atomic E-state index is 0.0801. The highest BCUT2D eigenvalue weighted by atomic mass is 14.6. The molecule has 0 saturated heterocycles. The Bertz CT molecular complexity index is 487. The molecule has 76 valence electrons. The van der Waals surface area contributed by atoms with Crippen molar-refractivity contribution in [3.05, 3.63) is 48.2 Å². The third-order valence-electron chi connectivity index (χ3n) is 2.20. The molecule has 0 spiro atoms. The number of rotatable bonds is 2. The van der Waals surface area contributed by atoms with Crippen molar-refractivity contribution in [2.24, 2.45) is 5.73 Å². The fraction of sp³-hybridized carbons (Fsp3) is 0.154. The first-order valence-electron chi connectivity index (χ1n) is 5.04. The van der Waals surface area contributed by atoms with Crippen LogP contribution in [0.5, 0.6) is 0 Å². The van der Waals surface area contributed by atoms with Gasteiger partial charge in [-0.25, -0.2) is 0 Å². The topological polar surface area (TPSA) is 38.9 Å². The van der Waals surface area contributed by atoms with Gasteiger partial charge < -0.3 is 5.73 Å². The first-order valence-corrected chi connectivity index (χ1v) is 5.04. The Morgan fingerprint density at radius 1 is 1.33 bits per heavy atom. The highest BCUT2D eigenvalue weighted by Crippen LogP contribution is 2.13. The Labute approximate surface area is 89.4 Å². The van der Waals surface area contributed by atoms with E-state index >= 15 is 0 Å². The summed E-state index contributed by atoms with van der Waals surface area (Å²) in [5.74, 6) is 0. The van der Waals surface area contributed by atoms with E-state index in [1.807, 2.05) is 43.5 Å². The van der Waals surface area contributed by atoms with Gasteiger partial charge in [-0.1, -0.05) is 30.4 Å². The van der Waals surface area contributed by atoms with Gasteiger partial charge in [-0.3, -0.25) is 4.98 Å². The molecular formula is C13H14N2. The van der Waals surface area contributed by atoms with E-state index in [2.05, 4.69) is 17.1 Å². The summed E-state index contributed by atoms with van der Waals surface area (Å²) in [6.07, 6.45) is 5.83. The van der Waals surface area contributed by atoms with Crippen molar-refractivity contribution >= 4 is 17.0 Å². The van der Waals surface area contributed by atoms with Crippen LogP contribution in [0.25, 0.3) is 17.0 Å². The second-order valence-corrected chi connectivity index (χ2v) is 3.68. The van der Waals surface area contributed by atoms with Crippen LogP contribution in [0.2, 0.25) is 0 Å². The van der Waals surface area contributed by atoms with Gasteiger partial charge in [0.25, 0.3) is 0 Å². The molecule has 0 fully saturated rings. The number of hydrogen-bond donors (Lipinski definition) is 1. The van der Waals surface area contributed by atoms with Crippen LogP contribution >= 0.6 is 0 Å². The summed E-state index contributed by atoms with van der Waals surface area (Å²) in [7, 11) is 0. The molecule has 0 aliphatic carbocycles. The predicted octanol–water partition coefficient (Wildman–Crippen LogP) is 2.60. The summed E-state index contributed by atoms with van der Waals surface area (Å²) in [6.45, 7) is 1.95. The zero-order chi connectivity index (χ0) is 10.7. The lowest BCUT2D eigenvalue weighted by molar-refractivity contribution is 0.931. The zero-order valence-corrected chi connectivity index (χ0v) is 8.72. The normalized spacial score (nSPS) is 13.5. The van der Waals surface area contributed by atoms with E-state index in [1.54, 1.807) is 0 Å². The molecule has 0 aliphatic rings. The molecule has 0 amide bonds. The lowest BCUT2D eigenvalue weighted by atomic mass is 10.1. The molecule has 0 radical (unpaired) electrons. The monoisotopic (exact) mass is 198 g/mol. The van der Waals surface area contributed by atoms with Gasteiger partial charge in [-0.2, -0.15) is 0 Å². The molecule has 2 heteroatoms. The molecule has 1 aromatic carbocycles. The third kappa shape index (κ3) is 2.42. The van der Waals surface area contributed by atoms with E-state index in [9.17, 15) is 0 Å². The quantitative estimate of drug-likeness (QED) is 0.805. The molecule has 1 aromatic heterocycles. The Kier molecular flexibility index (Phi) is 2.79. The van der Waals surface area contributed by atoms with Crippen LogP contribution < -0.4 is 5.73 Å². The number of benzene rings is 1. The van der Waals surface area contributed by atoms with Crippen LogP contribution in [0.3, 0.4) is 0 Å². The minimum atomic E-state index is 0.0801. The van der Waals surface area contributed by atoms with Gasteiger partial charge in [0.1, 0.15) is 0 Å². The molecular weight excluding hydrogens is 184 g/mol. The van der Waals surface area contributed by atoms with Crippen molar-refractivity contribution in [2.45, 2.75) is 13.0 Å². The van der Waals surface area contributed by atoms with Gasteiger partial charge >= 0.3 is 0 Å². The molecule has 2 rings (SSSR count). The van der Waals surface area contributed by atoms with Crippen LogP contribution in [0.1, 0.15) is 12.5 Å². The van der Waals surface area contributed by atoms with Gasteiger partial charge in [0.05, 0.1) is 5.52 Å². The largest absolute Gasteiger partial charge is 0.325 e. The number of para-hydroxylation sites is 1. The van der Waals surface area contributed by atoms with E-state index in [-0.39, 0.29) is 6.04 Å². The summed E-state index contributed by atoms with van der Waals surface area (Å²) in [5, 5.41) is 1.16. The van der Waals surface area contributed by atoms with Crippen molar-refractivity contribution in [3.8, 4) is 0 Å². The van der Waals surface area contributed by atoms with Crippen LogP contribution in [0.4, 0.5) is 0 Å². The fourth-order valence-electron chi connectivity index (χ4n) is 1.44. The molecule has 0 saturated carbocycles. The molecule has 1 atom stereocenters. The number of nitrogens with two attached hydrogens (primary N) is 1. The van der Waals surface area contributed by atoms with Crippen molar-refractivity contribution in [3.63, 3.8) is 0 Å². The average Bonchev–Trinajstić information content (AvgIpc) is 2.26. The molecule has 1 unspecified atom stereocenters. The summed E-state index contributed by atoms with van der Waals surface area (Å²) in [6, 6.07) is 10.3.